The third-order valence-electron chi connectivity index (χ3n) is 6.27. The SMILES string of the molecule is COc1cc(C=CC(=O)NC2CCC(C)CC2)cc(OCCc2nccn2-c2ccccc2)c1. The van der Waals surface area contributed by atoms with Gasteiger partial charge < -0.3 is 19.4 Å². The van der Waals surface area contributed by atoms with E-state index in [1.807, 2.05) is 42.6 Å². The number of hydrogen-bond acceptors (Lipinski definition) is 4. The van der Waals surface area contributed by atoms with Crippen LogP contribution in [-0.2, 0) is 11.2 Å². The minimum absolute atomic E-state index is 0.0578. The van der Waals surface area contributed by atoms with Crippen molar-refractivity contribution in [1.82, 2.24) is 14.9 Å². The van der Waals surface area contributed by atoms with Crippen molar-refractivity contribution in [2.24, 2.45) is 5.92 Å². The molecule has 1 aliphatic carbocycles. The Hall–Kier alpha value is -3.54. The Kier molecular flexibility index (Phi) is 8.02. The monoisotopic (exact) mass is 459 g/mol. The van der Waals surface area contributed by atoms with Gasteiger partial charge in [-0.3, -0.25) is 4.79 Å². The maximum atomic E-state index is 12.4. The average molecular weight is 460 g/mol. The van der Waals surface area contributed by atoms with E-state index in [1.54, 1.807) is 25.5 Å². The summed E-state index contributed by atoms with van der Waals surface area (Å²) in [6.45, 7) is 2.75. The normalized spacial score (nSPS) is 18.1. The smallest absolute Gasteiger partial charge is 0.244 e. The van der Waals surface area contributed by atoms with Gasteiger partial charge in [-0.1, -0.05) is 25.1 Å². The fourth-order valence-electron chi connectivity index (χ4n) is 4.32. The summed E-state index contributed by atoms with van der Waals surface area (Å²) in [5.41, 5.74) is 1.93. The second-order valence-electron chi connectivity index (χ2n) is 8.89. The van der Waals surface area contributed by atoms with Crippen LogP contribution in [0.5, 0.6) is 11.5 Å². The number of hydrogen-bond donors (Lipinski definition) is 1. The first-order valence-corrected chi connectivity index (χ1v) is 12.0. The van der Waals surface area contributed by atoms with Gasteiger partial charge in [0, 0.05) is 42.7 Å². The minimum Gasteiger partial charge on any atom is -0.497 e. The van der Waals surface area contributed by atoms with Crippen molar-refractivity contribution in [3.63, 3.8) is 0 Å². The lowest BCUT2D eigenvalue weighted by Crippen LogP contribution is -2.36. The third kappa shape index (κ3) is 6.50. The van der Waals surface area contributed by atoms with Crippen molar-refractivity contribution in [3.05, 3.63) is 78.4 Å². The molecule has 0 spiro atoms. The Labute approximate surface area is 201 Å². The van der Waals surface area contributed by atoms with Crippen molar-refractivity contribution < 1.29 is 14.3 Å². The second kappa shape index (κ2) is 11.5. The first-order chi connectivity index (χ1) is 16.6. The highest BCUT2D eigenvalue weighted by atomic mass is 16.5. The summed E-state index contributed by atoms with van der Waals surface area (Å²) < 4.78 is 13.5. The van der Waals surface area contributed by atoms with Crippen molar-refractivity contribution in [3.8, 4) is 17.2 Å². The number of carbonyl (C=O) groups excluding carboxylic acids is 1. The first kappa shape index (κ1) is 23.6. The highest BCUT2D eigenvalue weighted by Crippen LogP contribution is 2.25. The number of methoxy groups -OCH3 is 1. The van der Waals surface area contributed by atoms with Crippen molar-refractivity contribution in [2.45, 2.75) is 45.1 Å². The van der Waals surface area contributed by atoms with E-state index in [4.69, 9.17) is 9.47 Å². The summed E-state index contributed by atoms with van der Waals surface area (Å²) in [7, 11) is 1.63. The zero-order chi connectivity index (χ0) is 23.8. The van der Waals surface area contributed by atoms with Crippen LogP contribution in [0.3, 0.4) is 0 Å². The topological polar surface area (TPSA) is 65.4 Å². The Morgan fingerprint density at radius 1 is 1.12 bits per heavy atom. The lowest BCUT2D eigenvalue weighted by Gasteiger charge is -2.26. The fourth-order valence-corrected chi connectivity index (χ4v) is 4.32. The number of nitrogens with zero attached hydrogens (tertiary/aromatic N) is 2. The van der Waals surface area contributed by atoms with Gasteiger partial charge in [-0.15, -0.1) is 0 Å². The van der Waals surface area contributed by atoms with E-state index < -0.39 is 0 Å². The molecular weight excluding hydrogens is 426 g/mol. The molecule has 6 nitrogen and oxygen atoms in total. The fraction of sp³-hybridized carbons (Fsp3) is 0.357. The molecule has 0 bridgehead atoms. The molecule has 3 aromatic rings. The Morgan fingerprint density at radius 2 is 1.88 bits per heavy atom. The van der Waals surface area contributed by atoms with Gasteiger partial charge in [0.05, 0.1) is 13.7 Å². The van der Waals surface area contributed by atoms with Gasteiger partial charge in [0.2, 0.25) is 5.91 Å². The molecule has 0 atom stereocenters. The Bertz CT molecular complexity index is 1100. The number of amides is 1. The van der Waals surface area contributed by atoms with Gasteiger partial charge in [-0.2, -0.15) is 0 Å². The molecule has 4 rings (SSSR count). The van der Waals surface area contributed by atoms with E-state index in [9.17, 15) is 4.79 Å². The number of ether oxygens (including phenoxy) is 2. The number of aromatic nitrogens is 2. The molecule has 1 aliphatic rings. The molecule has 1 saturated carbocycles. The zero-order valence-corrected chi connectivity index (χ0v) is 19.9. The maximum absolute atomic E-state index is 12.4. The highest BCUT2D eigenvalue weighted by Gasteiger charge is 2.18. The predicted molar refractivity (Wildman–Crippen MR) is 134 cm³/mol. The Balaban J connectivity index is 1.35. The largest absolute Gasteiger partial charge is 0.497 e. The zero-order valence-electron chi connectivity index (χ0n) is 19.9. The van der Waals surface area contributed by atoms with Crippen LogP contribution in [0, 0.1) is 5.92 Å². The van der Waals surface area contributed by atoms with E-state index in [-0.39, 0.29) is 11.9 Å². The van der Waals surface area contributed by atoms with E-state index in [2.05, 4.69) is 33.9 Å². The quantitative estimate of drug-likeness (QED) is 0.446. The van der Waals surface area contributed by atoms with Crippen molar-refractivity contribution >= 4 is 12.0 Å². The summed E-state index contributed by atoms with van der Waals surface area (Å²) in [5.74, 6) is 3.01. The lowest BCUT2D eigenvalue weighted by atomic mass is 9.87. The van der Waals surface area contributed by atoms with Gasteiger partial charge in [-0.25, -0.2) is 4.98 Å². The van der Waals surface area contributed by atoms with Crippen molar-refractivity contribution in [2.75, 3.05) is 13.7 Å². The molecule has 0 saturated heterocycles. The summed E-state index contributed by atoms with van der Waals surface area (Å²) in [6, 6.07) is 16.1. The Morgan fingerprint density at radius 3 is 2.65 bits per heavy atom. The van der Waals surface area contributed by atoms with Crippen LogP contribution < -0.4 is 14.8 Å². The number of benzene rings is 2. The molecule has 1 heterocycles. The summed E-state index contributed by atoms with van der Waals surface area (Å²) in [5, 5.41) is 3.12. The predicted octanol–water partition coefficient (Wildman–Crippen LogP) is 5.21. The molecule has 0 unspecified atom stereocenters. The number of para-hydroxylation sites is 1. The summed E-state index contributed by atoms with van der Waals surface area (Å²) >= 11 is 0. The third-order valence-corrected chi connectivity index (χ3v) is 6.27. The second-order valence-corrected chi connectivity index (χ2v) is 8.89. The molecule has 0 aliphatic heterocycles. The highest BCUT2D eigenvalue weighted by molar-refractivity contribution is 5.92. The van der Waals surface area contributed by atoms with Crippen molar-refractivity contribution in [1.29, 1.82) is 0 Å². The first-order valence-electron chi connectivity index (χ1n) is 12.0. The minimum atomic E-state index is -0.0578. The van der Waals surface area contributed by atoms with Crippen LogP contribution in [-0.4, -0.2) is 35.2 Å². The molecule has 6 heteroatoms. The lowest BCUT2D eigenvalue weighted by molar-refractivity contribution is -0.117. The summed E-state index contributed by atoms with van der Waals surface area (Å²) in [4.78, 5) is 16.9. The van der Waals surface area contributed by atoms with Gasteiger partial charge in [0.1, 0.15) is 17.3 Å². The van der Waals surface area contributed by atoms with Crippen LogP contribution in [0.25, 0.3) is 11.8 Å². The van der Waals surface area contributed by atoms with Crippen LogP contribution in [0.4, 0.5) is 0 Å². The van der Waals surface area contributed by atoms with E-state index in [0.717, 1.165) is 35.8 Å². The van der Waals surface area contributed by atoms with Crippen LogP contribution in [0.2, 0.25) is 0 Å². The van der Waals surface area contributed by atoms with E-state index in [1.165, 1.54) is 12.8 Å². The molecular formula is C28H33N3O3. The average Bonchev–Trinajstić information content (AvgIpc) is 3.33. The number of rotatable bonds is 9. The molecule has 1 amide bonds. The molecule has 1 aromatic heterocycles. The number of carbonyl (C=O) groups is 1. The standard InChI is InChI=1S/C28H33N3O3/c1-21-8-11-23(12-9-21)30-28(32)13-10-22-18-25(33-2)20-26(19-22)34-17-14-27-29-15-16-31(27)24-6-4-3-5-7-24/h3-7,10,13,15-16,18-21,23H,8-9,11-12,14,17H2,1-2H3,(H,30,32). The van der Waals surface area contributed by atoms with Crippen LogP contribution in [0.15, 0.2) is 67.0 Å². The maximum Gasteiger partial charge on any atom is 0.244 e. The molecule has 1 fully saturated rings. The summed E-state index contributed by atoms with van der Waals surface area (Å²) in [6.07, 6.45) is 12.3. The molecule has 178 valence electrons. The molecule has 34 heavy (non-hydrogen) atoms. The molecule has 0 radical (unpaired) electrons. The molecule has 1 N–H and O–H groups in total. The van der Waals surface area contributed by atoms with Gasteiger partial charge in [-0.05, 0) is 67.5 Å². The van der Waals surface area contributed by atoms with Gasteiger partial charge in [0.15, 0.2) is 0 Å². The number of nitrogens with one attached hydrogen (secondary N) is 1. The van der Waals surface area contributed by atoms with E-state index >= 15 is 0 Å². The van der Waals surface area contributed by atoms with E-state index in [0.29, 0.717) is 24.5 Å². The van der Waals surface area contributed by atoms with Crippen LogP contribution >= 0.6 is 0 Å². The van der Waals surface area contributed by atoms with Crippen LogP contribution in [0.1, 0.15) is 44.0 Å². The molecule has 2 aromatic carbocycles. The van der Waals surface area contributed by atoms with Gasteiger partial charge in [0.25, 0.3) is 0 Å². The van der Waals surface area contributed by atoms with Gasteiger partial charge >= 0.3 is 0 Å². The number of imidazole rings is 1.